The van der Waals surface area contributed by atoms with Crippen LogP contribution in [0.2, 0.25) is 0 Å². The summed E-state index contributed by atoms with van der Waals surface area (Å²) in [6.45, 7) is 1.76. The standard InChI is InChI=1S/C14H21N3O2S/c1-17(8-11-5-7-20-10-11)9-13(18)16-12-4-2-3-6-15-14(12)19/h5,7,10,12H,2-4,6,8-9H2,1H3,(H,15,19)(H,16,18)/t12-/m0/s1. The van der Waals surface area contributed by atoms with Gasteiger partial charge in [0.15, 0.2) is 0 Å². The van der Waals surface area contributed by atoms with Gasteiger partial charge in [-0.2, -0.15) is 11.3 Å². The van der Waals surface area contributed by atoms with E-state index in [4.69, 9.17) is 0 Å². The van der Waals surface area contributed by atoms with Crippen molar-refractivity contribution in [2.45, 2.75) is 31.8 Å². The van der Waals surface area contributed by atoms with Gasteiger partial charge in [-0.15, -0.1) is 0 Å². The second-order valence-corrected chi connectivity index (χ2v) is 5.99. The normalized spacial score (nSPS) is 19.5. The van der Waals surface area contributed by atoms with Gasteiger partial charge in [-0.3, -0.25) is 14.5 Å². The van der Waals surface area contributed by atoms with Crippen LogP contribution in [0.4, 0.5) is 0 Å². The fourth-order valence-corrected chi connectivity index (χ4v) is 2.97. The zero-order chi connectivity index (χ0) is 14.4. The van der Waals surface area contributed by atoms with Gasteiger partial charge in [-0.05, 0) is 48.7 Å². The Morgan fingerprint density at radius 1 is 1.55 bits per heavy atom. The molecular formula is C14H21N3O2S. The lowest BCUT2D eigenvalue weighted by molar-refractivity contribution is -0.129. The number of hydrogen-bond acceptors (Lipinski definition) is 4. The van der Waals surface area contributed by atoms with Gasteiger partial charge in [-0.25, -0.2) is 0 Å². The first-order chi connectivity index (χ1) is 9.65. The summed E-state index contributed by atoms with van der Waals surface area (Å²) in [5, 5.41) is 9.76. The topological polar surface area (TPSA) is 61.4 Å². The number of likely N-dealkylation sites (N-methyl/N-ethyl adjacent to an activating group) is 1. The highest BCUT2D eigenvalue weighted by molar-refractivity contribution is 7.07. The Labute approximate surface area is 123 Å². The molecule has 0 saturated carbocycles. The average Bonchev–Trinajstić information content (AvgIpc) is 2.81. The molecule has 0 radical (unpaired) electrons. The molecule has 2 rings (SSSR count). The zero-order valence-electron chi connectivity index (χ0n) is 11.7. The van der Waals surface area contributed by atoms with Crippen molar-refractivity contribution < 1.29 is 9.59 Å². The van der Waals surface area contributed by atoms with Gasteiger partial charge in [0, 0.05) is 13.1 Å². The van der Waals surface area contributed by atoms with Crippen LogP contribution in [0.15, 0.2) is 16.8 Å². The van der Waals surface area contributed by atoms with Crippen molar-refractivity contribution in [2.24, 2.45) is 0 Å². The molecule has 1 saturated heterocycles. The lowest BCUT2D eigenvalue weighted by Crippen LogP contribution is -2.48. The highest BCUT2D eigenvalue weighted by Crippen LogP contribution is 2.08. The molecule has 0 bridgehead atoms. The van der Waals surface area contributed by atoms with Crippen LogP contribution in [0.3, 0.4) is 0 Å². The smallest absolute Gasteiger partial charge is 0.242 e. The van der Waals surface area contributed by atoms with Gasteiger partial charge in [0.2, 0.25) is 11.8 Å². The first-order valence-electron chi connectivity index (χ1n) is 6.92. The van der Waals surface area contributed by atoms with E-state index >= 15 is 0 Å². The summed E-state index contributed by atoms with van der Waals surface area (Å²) in [5.41, 5.74) is 1.21. The maximum Gasteiger partial charge on any atom is 0.242 e. The van der Waals surface area contributed by atoms with E-state index < -0.39 is 0 Å². The number of hydrogen-bond donors (Lipinski definition) is 2. The number of carbonyl (C=O) groups excluding carboxylic acids is 2. The van der Waals surface area contributed by atoms with Crippen LogP contribution in [0, 0.1) is 0 Å². The van der Waals surface area contributed by atoms with E-state index in [2.05, 4.69) is 22.1 Å². The van der Waals surface area contributed by atoms with Crippen LogP contribution in [0.5, 0.6) is 0 Å². The molecule has 6 heteroatoms. The number of nitrogens with zero attached hydrogens (tertiary/aromatic N) is 1. The van der Waals surface area contributed by atoms with E-state index in [1.54, 1.807) is 11.3 Å². The van der Waals surface area contributed by atoms with E-state index in [-0.39, 0.29) is 17.9 Å². The summed E-state index contributed by atoms with van der Waals surface area (Å²) in [5.74, 6) is -0.152. The number of amides is 2. The average molecular weight is 295 g/mol. The maximum absolute atomic E-state index is 12.0. The summed E-state index contributed by atoms with van der Waals surface area (Å²) < 4.78 is 0. The molecule has 2 heterocycles. The molecular weight excluding hydrogens is 274 g/mol. The quantitative estimate of drug-likeness (QED) is 0.851. The lowest BCUT2D eigenvalue weighted by Gasteiger charge is -2.19. The lowest BCUT2D eigenvalue weighted by atomic mass is 10.1. The molecule has 1 aromatic heterocycles. The monoisotopic (exact) mass is 295 g/mol. The van der Waals surface area contributed by atoms with E-state index in [0.717, 1.165) is 25.8 Å². The van der Waals surface area contributed by atoms with Gasteiger partial charge >= 0.3 is 0 Å². The fraction of sp³-hybridized carbons (Fsp3) is 0.571. The van der Waals surface area contributed by atoms with Gasteiger partial charge in [0.1, 0.15) is 6.04 Å². The van der Waals surface area contributed by atoms with Crippen molar-refractivity contribution >= 4 is 23.2 Å². The second-order valence-electron chi connectivity index (χ2n) is 5.21. The summed E-state index contributed by atoms with van der Waals surface area (Å²) >= 11 is 1.65. The Morgan fingerprint density at radius 3 is 3.15 bits per heavy atom. The number of rotatable bonds is 5. The molecule has 1 aromatic rings. The highest BCUT2D eigenvalue weighted by Gasteiger charge is 2.22. The van der Waals surface area contributed by atoms with E-state index in [1.165, 1.54) is 5.56 Å². The molecule has 1 fully saturated rings. The summed E-state index contributed by atoms with van der Waals surface area (Å²) in [6, 6.07) is 1.68. The molecule has 0 aromatic carbocycles. The van der Waals surface area contributed by atoms with E-state index in [9.17, 15) is 9.59 Å². The largest absolute Gasteiger partial charge is 0.354 e. The Balaban J connectivity index is 1.77. The molecule has 2 amide bonds. The summed E-state index contributed by atoms with van der Waals surface area (Å²) in [7, 11) is 1.91. The third kappa shape index (κ3) is 4.61. The molecule has 5 nitrogen and oxygen atoms in total. The van der Waals surface area contributed by atoms with E-state index in [1.807, 2.05) is 17.3 Å². The predicted octanol–water partition coefficient (Wildman–Crippen LogP) is 0.965. The second kappa shape index (κ2) is 7.40. The third-order valence-corrected chi connectivity index (χ3v) is 4.05. The van der Waals surface area contributed by atoms with Crippen LogP contribution in [-0.4, -0.2) is 42.9 Å². The molecule has 20 heavy (non-hydrogen) atoms. The fourth-order valence-electron chi connectivity index (χ4n) is 2.31. The third-order valence-electron chi connectivity index (χ3n) is 3.32. The van der Waals surface area contributed by atoms with Gasteiger partial charge in [0.05, 0.1) is 6.54 Å². The van der Waals surface area contributed by atoms with Crippen molar-refractivity contribution in [3.8, 4) is 0 Å². The minimum Gasteiger partial charge on any atom is -0.354 e. The maximum atomic E-state index is 12.0. The van der Waals surface area contributed by atoms with Crippen molar-refractivity contribution in [1.82, 2.24) is 15.5 Å². The first-order valence-corrected chi connectivity index (χ1v) is 7.86. The minimum absolute atomic E-state index is 0.0589. The van der Waals surface area contributed by atoms with Gasteiger partial charge in [0.25, 0.3) is 0 Å². The molecule has 0 unspecified atom stereocenters. The molecule has 110 valence electrons. The van der Waals surface area contributed by atoms with Crippen molar-refractivity contribution in [2.75, 3.05) is 20.1 Å². The van der Waals surface area contributed by atoms with Crippen LogP contribution in [0.1, 0.15) is 24.8 Å². The van der Waals surface area contributed by atoms with Crippen LogP contribution in [-0.2, 0) is 16.1 Å². The van der Waals surface area contributed by atoms with Crippen molar-refractivity contribution in [1.29, 1.82) is 0 Å². The predicted molar refractivity (Wildman–Crippen MR) is 79.4 cm³/mol. The van der Waals surface area contributed by atoms with Crippen molar-refractivity contribution in [3.05, 3.63) is 22.4 Å². The zero-order valence-corrected chi connectivity index (χ0v) is 12.5. The molecule has 0 aliphatic carbocycles. The Morgan fingerprint density at radius 2 is 2.40 bits per heavy atom. The number of thiophene rings is 1. The Hall–Kier alpha value is -1.40. The summed E-state index contributed by atoms with van der Waals surface area (Å²) in [6.07, 6.45) is 2.68. The minimum atomic E-state index is -0.375. The summed E-state index contributed by atoms with van der Waals surface area (Å²) in [4.78, 5) is 25.7. The highest BCUT2D eigenvalue weighted by atomic mass is 32.1. The number of nitrogens with one attached hydrogen (secondary N) is 2. The Bertz CT molecular complexity index is 447. The molecule has 1 aliphatic heterocycles. The van der Waals surface area contributed by atoms with Crippen molar-refractivity contribution in [3.63, 3.8) is 0 Å². The Kier molecular flexibility index (Phi) is 5.55. The first kappa shape index (κ1) is 15.0. The van der Waals surface area contributed by atoms with Crippen LogP contribution in [0.25, 0.3) is 0 Å². The van der Waals surface area contributed by atoms with Crippen LogP contribution >= 0.6 is 11.3 Å². The molecule has 0 spiro atoms. The van der Waals surface area contributed by atoms with Gasteiger partial charge in [-0.1, -0.05) is 0 Å². The van der Waals surface area contributed by atoms with Crippen LogP contribution < -0.4 is 10.6 Å². The number of carbonyl (C=O) groups is 2. The molecule has 2 N–H and O–H groups in total. The van der Waals surface area contributed by atoms with E-state index in [0.29, 0.717) is 13.1 Å². The molecule has 1 atom stereocenters. The molecule has 1 aliphatic rings. The SMILES string of the molecule is CN(CC(=O)N[C@H]1CCCCNC1=O)Cc1ccsc1. The van der Waals surface area contributed by atoms with Gasteiger partial charge < -0.3 is 10.6 Å².